The number of ketones is 1. The van der Waals surface area contributed by atoms with Crippen molar-refractivity contribution in [2.24, 2.45) is 0 Å². The van der Waals surface area contributed by atoms with Crippen molar-refractivity contribution >= 4 is 21.7 Å². The number of rotatable bonds is 4. The van der Waals surface area contributed by atoms with Gasteiger partial charge in [-0.25, -0.2) is 0 Å². The highest BCUT2D eigenvalue weighted by Gasteiger charge is 2.17. The summed E-state index contributed by atoms with van der Waals surface area (Å²) in [6.45, 7) is 1.91. The molecule has 0 aliphatic carbocycles. The van der Waals surface area contributed by atoms with Gasteiger partial charge in [-0.15, -0.1) is 0 Å². The number of methoxy groups -OCH3 is 2. The number of ether oxygens (including phenoxy) is 2. The molecule has 20 heavy (non-hydrogen) atoms. The summed E-state index contributed by atoms with van der Waals surface area (Å²) in [5.74, 6) is 1.09. The largest absolute Gasteiger partial charge is 0.497 e. The lowest BCUT2D eigenvalue weighted by atomic mass is 9.98. The summed E-state index contributed by atoms with van der Waals surface area (Å²) < 4.78 is 11.4. The molecule has 0 aliphatic heterocycles. The summed E-state index contributed by atoms with van der Waals surface area (Å²) in [6.07, 6.45) is 0. The fraction of sp³-hybridized carbons (Fsp3) is 0.188. The molecule has 0 atom stereocenters. The van der Waals surface area contributed by atoms with Gasteiger partial charge < -0.3 is 9.47 Å². The Labute approximate surface area is 126 Å². The van der Waals surface area contributed by atoms with E-state index in [0.717, 1.165) is 10.0 Å². The standard InChI is InChI=1S/C16H15BrO3/c1-10-8-11(17)4-6-13(10)16(18)14-9-12(19-2)5-7-15(14)20-3/h4-9H,1-3H3. The van der Waals surface area contributed by atoms with E-state index in [1.54, 1.807) is 38.5 Å². The quantitative estimate of drug-likeness (QED) is 0.792. The Morgan fingerprint density at radius 3 is 2.35 bits per heavy atom. The van der Waals surface area contributed by atoms with Crippen molar-refractivity contribution in [1.29, 1.82) is 0 Å². The van der Waals surface area contributed by atoms with Crippen LogP contribution in [0.1, 0.15) is 21.5 Å². The van der Waals surface area contributed by atoms with Gasteiger partial charge in [-0.3, -0.25) is 4.79 Å². The Bertz CT molecular complexity index is 650. The van der Waals surface area contributed by atoms with E-state index in [1.807, 2.05) is 19.1 Å². The maximum Gasteiger partial charge on any atom is 0.197 e. The highest BCUT2D eigenvalue weighted by atomic mass is 79.9. The fourth-order valence-corrected chi connectivity index (χ4v) is 2.49. The molecule has 0 N–H and O–H groups in total. The van der Waals surface area contributed by atoms with Crippen molar-refractivity contribution in [2.75, 3.05) is 14.2 Å². The van der Waals surface area contributed by atoms with Crippen molar-refractivity contribution in [3.8, 4) is 11.5 Å². The lowest BCUT2D eigenvalue weighted by molar-refractivity contribution is 0.103. The van der Waals surface area contributed by atoms with E-state index in [-0.39, 0.29) is 5.78 Å². The van der Waals surface area contributed by atoms with Gasteiger partial charge in [0, 0.05) is 10.0 Å². The van der Waals surface area contributed by atoms with Gasteiger partial charge in [0.25, 0.3) is 0 Å². The molecule has 0 unspecified atom stereocenters. The predicted molar refractivity (Wildman–Crippen MR) is 81.9 cm³/mol. The van der Waals surface area contributed by atoms with Crippen LogP contribution in [-0.2, 0) is 0 Å². The molecule has 3 nitrogen and oxygen atoms in total. The minimum atomic E-state index is -0.0780. The van der Waals surface area contributed by atoms with Crippen LogP contribution in [0.3, 0.4) is 0 Å². The van der Waals surface area contributed by atoms with Crippen molar-refractivity contribution in [2.45, 2.75) is 6.92 Å². The highest BCUT2D eigenvalue weighted by molar-refractivity contribution is 9.10. The summed E-state index contributed by atoms with van der Waals surface area (Å²) in [6, 6.07) is 10.8. The van der Waals surface area contributed by atoms with Crippen molar-refractivity contribution in [1.82, 2.24) is 0 Å². The van der Waals surface area contributed by atoms with Crippen LogP contribution in [-0.4, -0.2) is 20.0 Å². The molecule has 4 heteroatoms. The van der Waals surface area contributed by atoms with Crippen molar-refractivity contribution in [3.63, 3.8) is 0 Å². The van der Waals surface area contributed by atoms with E-state index in [1.165, 1.54) is 0 Å². The maximum absolute atomic E-state index is 12.7. The normalized spacial score (nSPS) is 10.2. The van der Waals surface area contributed by atoms with Crippen LogP contribution >= 0.6 is 15.9 Å². The average molecular weight is 335 g/mol. The van der Waals surface area contributed by atoms with Gasteiger partial charge >= 0.3 is 0 Å². The molecule has 0 amide bonds. The molecular formula is C16H15BrO3. The molecule has 0 spiro atoms. The second-order valence-corrected chi connectivity index (χ2v) is 5.27. The molecule has 104 valence electrons. The van der Waals surface area contributed by atoms with E-state index in [9.17, 15) is 4.79 Å². The molecule has 0 radical (unpaired) electrons. The molecule has 0 heterocycles. The van der Waals surface area contributed by atoms with Gasteiger partial charge in [0.2, 0.25) is 0 Å². The molecule has 0 aromatic heterocycles. The maximum atomic E-state index is 12.7. The number of halogens is 1. The number of carbonyl (C=O) groups excluding carboxylic acids is 1. The van der Waals surface area contributed by atoms with Gasteiger partial charge in [-0.1, -0.05) is 15.9 Å². The van der Waals surface area contributed by atoms with E-state index in [4.69, 9.17) is 9.47 Å². The number of hydrogen-bond donors (Lipinski definition) is 0. The molecule has 0 bridgehead atoms. The first kappa shape index (κ1) is 14.6. The lowest BCUT2D eigenvalue weighted by Gasteiger charge is -2.11. The smallest absolute Gasteiger partial charge is 0.197 e. The summed E-state index contributed by atoms with van der Waals surface area (Å²) in [4.78, 5) is 12.7. The van der Waals surface area contributed by atoms with Crippen molar-refractivity contribution in [3.05, 3.63) is 57.6 Å². The molecule has 0 fully saturated rings. The topological polar surface area (TPSA) is 35.5 Å². The zero-order valence-corrected chi connectivity index (χ0v) is 13.2. The van der Waals surface area contributed by atoms with Gasteiger partial charge in [0.05, 0.1) is 19.8 Å². The van der Waals surface area contributed by atoms with E-state index >= 15 is 0 Å². The first-order valence-electron chi connectivity index (χ1n) is 6.09. The van der Waals surface area contributed by atoms with Crippen LogP contribution in [0.4, 0.5) is 0 Å². The summed E-state index contributed by atoms with van der Waals surface area (Å²) >= 11 is 3.40. The molecule has 0 saturated heterocycles. The molecule has 2 aromatic carbocycles. The van der Waals surface area contributed by atoms with Crippen LogP contribution in [0, 0.1) is 6.92 Å². The SMILES string of the molecule is COc1ccc(OC)c(C(=O)c2ccc(Br)cc2C)c1. The highest BCUT2D eigenvalue weighted by Crippen LogP contribution is 2.28. The van der Waals surface area contributed by atoms with Crippen LogP contribution in [0.15, 0.2) is 40.9 Å². The van der Waals surface area contributed by atoms with E-state index < -0.39 is 0 Å². The number of hydrogen-bond acceptors (Lipinski definition) is 3. The Morgan fingerprint density at radius 1 is 1.00 bits per heavy atom. The van der Waals surface area contributed by atoms with Gasteiger partial charge in [-0.05, 0) is 48.9 Å². The summed E-state index contributed by atoms with van der Waals surface area (Å²) in [5.41, 5.74) is 2.06. The van der Waals surface area contributed by atoms with E-state index in [2.05, 4.69) is 15.9 Å². The van der Waals surface area contributed by atoms with Crippen LogP contribution < -0.4 is 9.47 Å². The number of aryl methyl sites for hydroxylation is 1. The Hall–Kier alpha value is -1.81. The number of benzene rings is 2. The molecule has 0 saturated carbocycles. The molecule has 2 aromatic rings. The van der Waals surface area contributed by atoms with E-state index in [0.29, 0.717) is 22.6 Å². The third kappa shape index (κ3) is 2.85. The van der Waals surface area contributed by atoms with Crippen LogP contribution in [0.25, 0.3) is 0 Å². The second kappa shape index (κ2) is 6.09. The second-order valence-electron chi connectivity index (χ2n) is 4.35. The number of carbonyl (C=O) groups is 1. The Balaban J connectivity index is 2.51. The summed E-state index contributed by atoms with van der Waals surface area (Å²) in [5, 5.41) is 0. The Morgan fingerprint density at radius 2 is 1.75 bits per heavy atom. The van der Waals surface area contributed by atoms with Gasteiger partial charge in [-0.2, -0.15) is 0 Å². The zero-order chi connectivity index (χ0) is 14.7. The minimum absolute atomic E-state index is 0.0780. The first-order chi connectivity index (χ1) is 9.56. The average Bonchev–Trinajstić information content (AvgIpc) is 2.46. The van der Waals surface area contributed by atoms with Crippen LogP contribution in [0.2, 0.25) is 0 Å². The minimum Gasteiger partial charge on any atom is -0.497 e. The molecule has 0 aliphatic rings. The third-order valence-corrected chi connectivity index (χ3v) is 3.58. The van der Waals surface area contributed by atoms with Crippen LogP contribution in [0.5, 0.6) is 11.5 Å². The first-order valence-corrected chi connectivity index (χ1v) is 6.89. The fourth-order valence-electron chi connectivity index (χ4n) is 2.02. The Kier molecular flexibility index (Phi) is 4.45. The monoisotopic (exact) mass is 334 g/mol. The molecular weight excluding hydrogens is 320 g/mol. The van der Waals surface area contributed by atoms with Gasteiger partial charge in [0.1, 0.15) is 11.5 Å². The lowest BCUT2D eigenvalue weighted by Crippen LogP contribution is -2.06. The van der Waals surface area contributed by atoms with Gasteiger partial charge in [0.15, 0.2) is 5.78 Å². The zero-order valence-electron chi connectivity index (χ0n) is 11.6. The predicted octanol–water partition coefficient (Wildman–Crippen LogP) is 4.01. The summed E-state index contributed by atoms with van der Waals surface area (Å²) in [7, 11) is 3.12. The molecule has 2 rings (SSSR count). The van der Waals surface area contributed by atoms with Crippen molar-refractivity contribution < 1.29 is 14.3 Å². The third-order valence-electron chi connectivity index (χ3n) is 3.08.